The van der Waals surface area contributed by atoms with Gasteiger partial charge in [-0.15, -0.1) is 0 Å². The number of nitrogens with one attached hydrogen (secondary N) is 2. The minimum atomic E-state index is -1.37. The van der Waals surface area contributed by atoms with Crippen molar-refractivity contribution in [1.29, 1.82) is 0 Å². The molecule has 9 rings (SSSR count). The Labute approximate surface area is 471 Å². The predicted molar refractivity (Wildman–Crippen MR) is 306 cm³/mol. The molecule has 3 aliphatic rings. The summed E-state index contributed by atoms with van der Waals surface area (Å²) in [6.45, 7) is 14.3. The highest BCUT2D eigenvalue weighted by atomic mass is 32.1. The molecule has 0 bridgehead atoms. The summed E-state index contributed by atoms with van der Waals surface area (Å²) in [6.07, 6.45) is 3.49. The highest BCUT2D eigenvalue weighted by Gasteiger charge is 2.54. The number of anilines is 2. The zero-order valence-electron chi connectivity index (χ0n) is 45.8. The maximum atomic E-state index is 13.8. The van der Waals surface area contributed by atoms with Crippen LogP contribution in [-0.2, 0) is 53.4 Å². The van der Waals surface area contributed by atoms with E-state index in [2.05, 4.69) is 60.6 Å². The fourth-order valence-corrected chi connectivity index (χ4v) is 10.8. The van der Waals surface area contributed by atoms with Gasteiger partial charge in [0, 0.05) is 79.5 Å². The van der Waals surface area contributed by atoms with Crippen LogP contribution in [0.2, 0.25) is 0 Å². The molecule has 6 N–H and O–H groups in total. The van der Waals surface area contributed by atoms with Crippen LogP contribution in [-0.4, -0.2) is 127 Å². The van der Waals surface area contributed by atoms with Crippen molar-refractivity contribution in [3.8, 4) is 28.7 Å². The Morgan fingerprint density at radius 3 is 2.01 bits per heavy atom. The normalized spacial score (nSPS) is 14.4. The topological polar surface area (TPSA) is 227 Å². The number of carbonyl (C=O) groups is 3. The van der Waals surface area contributed by atoms with Crippen molar-refractivity contribution in [2.45, 2.75) is 71.9 Å². The average molecular weight is 1110 g/mol. The molecular formula is C61H70N6O12S. The number of aryl methyl sites for hydroxylation is 2. The molecule has 3 heterocycles. The van der Waals surface area contributed by atoms with E-state index in [1.807, 2.05) is 35.9 Å². The molecule has 1 spiro atoms. The summed E-state index contributed by atoms with van der Waals surface area (Å²) in [7, 11) is 0. The summed E-state index contributed by atoms with van der Waals surface area (Å²) >= 11 is 6.03. The number of fused-ring (bicyclic) bond motifs is 7. The smallest absolute Gasteiger partial charge is 0.340 e. The van der Waals surface area contributed by atoms with Crippen LogP contribution < -0.4 is 21.1 Å². The Bertz CT molecular complexity index is 3180. The van der Waals surface area contributed by atoms with Gasteiger partial charge in [-0.1, -0.05) is 51.1 Å². The van der Waals surface area contributed by atoms with Crippen LogP contribution in [0.4, 0.5) is 11.4 Å². The second kappa shape index (κ2) is 25.8. The van der Waals surface area contributed by atoms with E-state index in [9.17, 15) is 24.6 Å². The molecule has 0 saturated carbocycles. The van der Waals surface area contributed by atoms with E-state index in [4.69, 9.17) is 56.2 Å². The number of nitrogens with zero attached hydrogens (tertiary/aromatic N) is 3. The Morgan fingerprint density at radius 1 is 0.762 bits per heavy atom. The third kappa shape index (κ3) is 13.3. The summed E-state index contributed by atoms with van der Waals surface area (Å²) in [5, 5.41) is 32.5. The van der Waals surface area contributed by atoms with Crippen LogP contribution in [0.3, 0.4) is 0 Å². The Balaban J connectivity index is 0.650. The molecule has 0 saturated heterocycles. The lowest BCUT2D eigenvalue weighted by Gasteiger charge is -2.36. The molecule has 18 nitrogen and oxygen atoms in total. The molecule has 0 radical (unpaired) electrons. The number of benzene rings is 5. The van der Waals surface area contributed by atoms with Gasteiger partial charge in [0.2, 0.25) is 0 Å². The van der Waals surface area contributed by atoms with Gasteiger partial charge in [-0.25, -0.2) is 9.48 Å². The number of aromatic nitrogens is 2. The van der Waals surface area contributed by atoms with E-state index < -0.39 is 17.5 Å². The third-order valence-electron chi connectivity index (χ3n) is 14.3. The van der Waals surface area contributed by atoms with Crippen molar-refractivity contribution in [3.63, 3.8) is 0 Å². The predicted octanol–water partition coefficient (Wildman–Crippen LogP) is 9.15. The first-order valence-corrected chi connectivity index (χ1v) is 27.6. The van der Waals surface area contributed by atoms with Crippen LogP contribution in [0.1, 0.15) is 110 Å². The van der Waals surface area contributed by atoms with E-state index in [1.165, 1.54) is 29.8 Å². The zero-order valence-corrected chi connectivity index (χ0v) is 46.6. The molecule has 422 valence electrons. The average Bonchev–Trinajstić information content (AvgIpc) is 4.14. The van der Waals surface area contributed by atoms with E-state index in [-0.39, 0.29) is 22.7 Å². The van der Waals surface area contributed by atoms with Gasteiger partial charge in [0.05, 0.1) is 86.6 Å². The van der Waals surface area contributed by atoms with Gasteiger partial charge in [0.25, 0.3) is 5.91 Å². The van der Waals surface area contributed by atoms with Crippen molar-refractivity contribution in [2.24, 2.45) is 11.1 Å². The number of rotatable bonds is 27. The molecule has 0 unspecified atom stereocenters. The number of thiocarbonyl (C=S) groups is 1. The van der Waals surface area contributed by atoms with Crippen LogP contribution in [0.25, 0.3) is 5.69 Å². The number of hydrogen-bond acceptors (Lipinski definition) is 15. The summed E-state index contributed by atoms with van der Waals surface area (Å²) in [6, 6.07) is 28.6. The molecule has 2 aliphatic heterocycles. The quantitative estimate of drug-likeness (QED) is 0.0184. The SMILES string of the molecule is CCc1cccc(CN(CCCOCCOCCOCCOCCOCCCNc2cc(-n3nc(C)c4c3CC(C)(C)CC4=O)ccc2C(N)=O)C(=S)Nc2ccc3c(c2)C(=O)OC32c3ccc(O)cc3Oc3cc(O)ccc32)c1. The lowest BCUT2D eigenvalue weighted by atomic mass is 9.75. The number of carbonyl (C=O) groups excluding carboxylic acids is 3. The van der Waals surface area contributed by atoms with E-state index >= 15 is 0 Å². The maximum absolute atomic E-state index is 13.8. The number of phenols is 2. The lowest BCUT2D eigenvalue weighted by Crippen LogP contribution is -2.35. The van der Waals surface area contributed by atoms with Gasteiger partial charge in [0.15, 0.2) is 16.5 Å². The monoisotopic (exact) mass is 1110 g/mol. The van der Waals surface area contributed by atoms with Crippen molar-refractivity contribution >= 4 is 46.4 Å². The number of hydrogen-bond donors (Lipinski definition) is 5. The molecule has 1 amide bonds. The van der Waals surface area contributed by atoms with Crippen molar-refractivity contribution in [3.05, 3.63) is 153 Å². The van der Waals surface area contributed by atoms with Crippen molar-refractivity contribution in [2.75, 3.05) is 89.8 Å². The van der Waals surface area contributed by atoms with Crippen LogP contribution in [0, 0.1) is 12.3 Å². The Hall–Kier alpha value is -7.39. The maximum Gasteiger partial charge on any atom is 0.340 e. The number of ketones is 1. The largest absolute Gasteiger partial charge is 0.508 e. The fourth-order valence-electron chi connectivity index (χ4n) is 10.5. The van der Waals surface area contributed by atoms with Gasteiger partial charge in [0.1, 0.15) is 23.0 Å². The van der Waals surface area contributed by atoms with Gasteiger partial charge in [-0.3, -0.25) is 9.59 Å². The third-order valence-corrected chi connectivity index (χ3v) is 14.7. The second-order valence-electron chi connectivity index (χ2n) is 20.9. The number of esters is 1. The second-order valence-corrected chi connectivity index (χ2v) is 21.3. The number of amides is 1. The molecule has 1 aromatic heterocycles. The number of nitrogens with two attached hydrogens (primary N) is 1. The molecule has 1 aliphatic carbocycles. The molecule has 80 heavy (non-hydrogen) atoms. The van der Waals surface area contributed by atoms with Crippen LogP contribution >= 0.6 is 12.2 Å². The number of Topliss-reactive ketones (excluding diaryl/α,β-unsaturated/α-hetero) is 1. The molecule has 5 aromatic carbocycles. The number of primary amides is 1. The molecule has 19 heteroatoms. The minimum Gasteiger partial charge on any atom is -0.508 e. The Morgan fingerprint density at radius 2 is 1.38 bits per heavy atom. The summed E-state index contributed by atoms with van der Waals surface area (Å²) in [5.74, 6) is -0.376. The molecular weight excluding hydrogens is 1040 g/mol. The first-order valence-electron chi connectivity index (χ1n) is 27.2. The fraction of sp³-hybridized carbons (Fsp3) is 0.393. The highest BCUT2D eigenvalue weighted by molar-refractivity contribution is 7.80. The minimum absolute atomic E-state index is 0.0156. The van der Waals surface area contributed by atoms with Gasteiger partial charge in [-0.2, -0.15) is 5.10 Å². The summed E-state index contributed by atoms with van der Waals surface area (Å²) in [5.41, 5.74) is 13.2. The first kappa shape index (κ1) is 57.3. The van der Waals surface area contributed by atoms with E-state index in [0.717, 1.165) is 29.8 Å². The molecule has 6 aromatic rings. The van der Waals surface area contributed by atoms with Crippen LogP contribution in [0.15, 0.2) is 97.1 Å². The van der Waals surface area contributed by atoms with Gasteiger partial charge >= 0.3 is 5.97 Å². The number of ether oxygens (including phenoxy) is 7. The van der Waals surface area contributed by atoms with Gasteiger partial charge in [-0.05, 0) is 116 Å². The standard InChI is InChI=1S/C61H70N6O12S/c1-5-40-9-6-10-41(31-40)38-66(59(80)64-42-11-16-48-47(32-42)58(72)79-61(48)49-17-13-44(68)34-54(49)78-55-35-45(69)14-18-50(55)61)20-8-22-74-24-26-76-28-30-77-29-27-75-25-23-73-21-7-19-63-51-33-43(12-15-46(51)57(62)71)67-52-36-60(3,4)37-53(70)56(52)39(2)65-67/h6,9-18,31-35,63,68-69H,5,7-8,19-30,36-38H2,1-4H3,(H2,62,71)(H,64,80). The van der Waals surface area contributed by atoms with E-state index in [0.29, 0.717) is 172 Å². The number of phenolic OH excluding ortho intramolecular Hbond substituents is 2. The van der Waals surface area contributed by atoms with Crippen molar-refractivity contribution < 1.29 is 57.8 Å². The van der Waals surface area contributed by atoms with E-state index in [1.54, 1.807) is 24.3 Å². The highest BCUT2D eigenvalue weighted by Crippen LogP contribution is 2.57. The zero-order chi connectivity index (χ0) is 56.4. The summed E-state index contributed by atoms with van der Waals surface area (Å²) in [4.78, 5) is 41.1. The molecule has 0 fully saturated rings. The lowest BCUT2D eigenvalue weighted by molar-refractivity contribution is -0.0113. The first-order chi connectivity index (χ1) is 38.6. The Kier molecular flexibility index (Phi) is 18.5. The van der Waals surface area contributed by atoms with Gasteiger partial charge < -0.3 is 64.6 Å². The van der Waals surface area contributed by atoms with Crippen LogP contribution in [0.5, 0.6) is 23.0 Å². The number of aromatic hydroxyl groups is 2. The summed E-state index contributed by atoms with van der Waals surface area (Å²) < 4.78 is 42.9. The van der Waals surface area contributed by atoms with Crippen molar-refractivity contribution in [1.82, 2.24) is 14.7 Å². The molecule has 0 atom stereocenters.